The van der Waals surface area contributed by atoms with Crippen LogP contribution in [0.1, 0.15) is 29.5 Å². The number of halogens is 2. The summed E-state index contributed by atoms with van der Waals surface area (Å²) in [7, 11) is 0. The Hall–Kier alpha value is -2.06. The number of nitrogens with two attached hydrogens (primary N) is 1. The van der Waals surface area contributed by atoms with Gasteiger partial charge < -0.3 is 10.5 Å². The van der Waals surface area contributed by atoms with Gasteiger partial charge in [-0.05, 0) is 19.4 Å². The number of aromatic nitrogens is 2. The van der Waals surface area contributed by atoms with Crippen molar-refractivity contribution in [2.75, 3.05) is 12.4 Å². The van der Waals surface area contributed by atoms with Crippen LogP contribution in [0.3, 0.4) is 0 Å². The van der Waals surface area contributed by atoms with Gasteiger partial charge >= 0.3 is 0 Å². The lowest BCUT2D eigenvalue weighted by Crippen LogP contribution is -2.48. The van der Waals surface area contributed by atoms with Gasteiger partial charge in [0.05, 0.1) is 24.2 Å². The van der Waals surface area contributed by atoms with Crippen LogP contribution >= 0.6 is 11.8 Å². The lowest BCUT2D eigenvalue weighted by molar-refractivity contribution is -0.0608. The first-order valence-electron chi connectivity index (χ1n) is 8.32. The van der Waals surface area contributed by atoms with Gasteiger partial charge in [0.15, 0.2) is 5.17 Å². The molecule has 1 aromatic heterocycles. The summed E-state index contributed by atoms with van der Waals surface area (Å²) < 4.78 is 34.0. The van der Waals surface area contributed by atoms with Crippen LogP contribution in [0.5, 0.6) is 0 Å². The van der Waals surface area contributed by atoms with Crippen molar-refractivity contribution >= 4 is 16.9 Å². The maximum absolute atomic E-state index is 14.6. The molecule has 136 valence electrons. The van der Waals surface area contributed by atoms with E-state index in [1.54, 1.807) is 12.4 Å². The largest absolute Gasteiger partial charge is 0.379 e. The third kappa shape index (κ3) is 2.97. The fraction of sp³-hybridized carbons (Fsp3) is 0.389. The van der Waals surface area contributed by atoms with Crippen LogP contribution in [-0.4, -0.2) is 27.5 Å². The third-order valence-corrected chi connectivity index (χ3v) is 5.91. The molecule has 2 aliphatic heterocycles. The number of thioether (sulfide) groups is 1. The standard InChI is InChI=1S/C18H18F2N4OS/c1-10-6-23-15(7-22-10)16-4-11-8-26-17(21)24-18(11,9-25-16)13-3-2-12(19)5-14(13)20/h2-3,5-7,11,16H,4,8-9H2,1H3,(H2,21,24)/t11-,16+,18-/m1/s1. The van der Waals surface area contributed by atoms with Gasteiger partial charge in [-0.15, -0.1) is 0 Å². The lowest BCUT2D eigenvalue weighted by atomic mass is 9.74. The first-order chi connectivity index (χ1) is 12.5. The molecule has 4 rings (SSSR count). The fourth-order valence-corrected chi connectivity index (χ4v) is 4.60. The Balaban J connectivity index is 1.71. The summed E-state index contributed by atoms with van der Waals surface area (Å²) in [5.41, 5.74) is 6.90. The summed E-state index contributed by atoms with van der Waals surface area (Å²) in [6.45, 7) is 2.03. The number of nitrogens with zero attached hydrogens (tertiary/aromatic N) is 3. The Morgan fingerprint density at radius 2 is 2.12 bits per heavy atom. The Morgan fingerprint density at radius 1 is 1.27 bits per heavy atom. The van der Waals surface area contributed by atoms with E-state index in [4.69, 9.17) is 10.5 Å². The summed E-state index contributed by atoms with van der Waals surface area (Å²) in [5.74, 6) is -0.575. The van der Waals surface area contributed by atoms with Crippen molar-refractivity contribution in [3.63, 3.8) is 0 Å². The molecule has 2 aromatic rings. The van der Waals surface area contributed by atoms with Gasteiger partial charge in [0.2, 0.25) is 0 Å². The maximum atomic E-state index is 14.6. The molecule has 3 heterocycles. The molecule has 26 heavy (non-hydrogen) atoms. The van der Waals surface area contributed by atoms with Crippen molar-refractivity contribution in [2.24, 2.45) is 16.6 Å². The highest BCUT2D eigenvalue weighted by molar-refractivity contribution is 8.13. The second-order valence-electron chi connectivity index (χ2n) is 6.62. The van der Waals surface area contributed by atoms with Crippen molar-refractivity contribution < 1.29 is 13.5 Å². The van der Waals surface area contributed by atoms with E-state index in [-0.39, 0.29) is 18.6 Å². The quantitative estimate of drug-likeness (QED) is 0.872. The molecule has 2 aliphatic rings. The van der Waals surface area contributed by atoms with Gasteiger partial charge in [0, 0.05) is 29.5 Å². The van der Waals surface area contributed by atoms with Crippen molar-refractivity contribution in [3.05, 3.63) is 59.2 Å². The molecule has 0 amide bonds. The van der Waals surface area contributed by atoms with Crippen LogP contribution in [0.15, 0.2) is 35.6 Å². The zero-order valence-corrected chi connectivity index (χ0v) is 15.0. The van der Waals surface area contributed by atoms with Crippen molar-refractivity contribution in [2.45, 2.75) is 25.0 Å². The number of aryl methyl sites for hydroxylation is 1. The van der Waals surface area contributed by atoms with Gasteiger partial charge in [-0.3, -0.25) is 9.97 Å². The number of benzene rings is 1. The van der Waals surface area contributed by atoms with E-state index in [1.807, 2.05) is 6.92 Å². The molecule has 5 nitrogen and oxygen atoms in total. The molecule has 1 saturated heterocycles. The number of amidine groups is 1. The van der Waals surface area contributed by atoms with Crippen LogP contribution in [0, 0.1) is 24.5 Å². The predicted octanol–water partition coefficient (Wildman–Crippen LogP) is 3.10. The number of hydrogen-bond acceptors (Lipinski definition) is 6. The molecule has 0 bridgehead atoms. The second-order valence-corrected chi connectivity index (χ2v) is 7.66. The molecule has 1 fully saturated rings. The van der Waals surface area contributed by atoms with Crippen LogP contribution in [0.4, 0.5) is 8.78 Å². The van der Waals surface area contributed by atoms with Crippen molar-refractivity contribution in [1.29, 1.82) is 0 Å². The van der Waals surface area contributed by atoms with Crippen molar-refractivity contribution in [1.82, 2.24) is 9.97 Å². The van der Waals surface area contributed by atoms with Crippen LogP contribution in [0.25, 0.3) is 0 Å². The molecule has 0 unspecified atom stereocenters. The van der Waals surface area contributed by atoms with Gasteiger partial charge in [-0.1, -0.05) is 17.8 Å². The summed E-state index contributed by atoms with van der Waals surface area (Å²) in [4.78, 5) is 13.2. The fourth-order valence-electron chi connectivity index (χ4n) is 3.58. The van der Waals surface area contributed by atoms with Crippen LogP contribution < -0.4 is 5.73 Å². The second kappa shape index (κ2) is 6.59. The minimum Gasteiger partial charge on any atom is -0.379 e. The van der Waals surface area contributed by atoms with E-state index in [0.29, 0.717) is 22.9 Å². The molecule has 1 aromatic carbocycles. The monoisotopic (exact) mass is 376 g/mol. The van der Waals surface area contributed by atoms with E-state index in [2.05, 4.69) is 15.0 Å². The third-order valence-electron chi connectivity index (χ3n) is 4.95. The summed E-state index contributed by atoms with van der Waals surface area (Å²) in [5, 5.41) is 0.391. The van der Waals surface area contributed by atoms with Gasteiger partial charge in [-0.25, -0.2) is 13.8 Å². The highest BCUT2D eigenvalue weighted by Gasteiger charge is 2.49. The summed E-state index contributed by atoms with van der Waals surface area (Å²) in [6.07, 6.45) is 3.78. The van der Waals surface area contributed by atoms with E-state index in [0.717, 1.165) is 17.5 Å². The van der Waals surface area contributed by atoms with E-state index in [9.17, 15) is 8.78 Å². The Morgan fingerprint density at radius 3 is 2.85 bits per heavy atom. The number of fused-ring (bicyclic) bond motifs is 1. The minimum absolute atomic E-state index is 0.0124. The van der Waals surface area contributed by atoms with E-state index < -0.39 is 17.2 Å². The average Bonchev–Trinajstić information content (AvgIpc) is 2.61. The molecule has 0 spiro atoms. The van der Waals surface area contributed by atoms with E-state index in [1.165, 1.54) is 23.9 Å². The van der Waals surface area contributed by atoms with Crippen molar-refractivity contribution in [3.8, 4) is 0 Å². The SMILES string of the molecule is Cc1cnc([C@@H]2C[C@@H]3CSC(N)=N[C@]3(c3ccc(F)cc3F)CO2)cn1. The van der Waals surface area contributed by atoms with Gasteiger partial charge in [0.25, 0.3) is 0 Å². The number of hydrogen-bond donors (Lipinski definition) is 1. The normalized spacial score (nSPS) is 28.3. The Bertz CT molecular complexity index is 861. The topological polar surface area (TPSA) is 73.4 Å². The molecular weight excluding hydrogens is 358 g/mol. The summed E-state index contributed by atoms with van der Waals surface area (Å²) >= 11 is 1.45. The highest BCUT2D eigenvalue weighted by atomic mass is 32.2. The zero-order valence-electron chi connectivity index (χ0n) is 14.2. The minimum atomic E-state index is -0.943. The van der Waals surface area contributed by atoms with Crippen LogP contribution in [-0.2, 0) is 10.3 Å². The van der Waals surface area contributed by atoms with Crippen LogP contribution in [0.2, 0.25) is 0 Å². The first-order valence-corrected chi connectivity index (χ1v) is 9.30. The molecule has 8 heteroatoms. The summed E-state index contributed by atoms with van der Waals surface area (Å²) in [6, 6.07) is 3.57. The molecule has 0 radical (unpaired) electrons. The molecular formula is C18H18F2N4OS. The predicted molar refractivity (Wildman–Crippen MR) is 95.7 cm³/mol. The Labute approximate surface area is 154 Å². The molecule has 0 aliphatic carbocycles. The number of aliphatic imine (C=N–C) groups is 1. The van der Waals surface area contributed by atoms with E-state index >= 15 is 0 Å². The smallest absolute Gasteiger partial charge is 0.154 e. The van der Waals surface area contributed by atoms with Gasteiger partial charge in [0.1, 0.15) is 23.3 Å². The number of ether oxygens (including phenoxy) is 1. The maximum Gasteiger partial charge on any atom is 0.154 e. The number of rotatable bonds is 2. The average molecular weight is 376 g/mol. The molecule has 3 atom stereocenters. The molecule has 0 saturated carbocycles. The first kappa shape index (κ1) is 17.4. The zero-order chi connectivity index (χ0) is 18.3. The Kier molecular flexibility index (Phi) is 4.40. The lowest BCUT2D eigenvalue weighted by Gasteiger charge is -2.46. The highest BCUT2D eigenvalue weighted by Crippen LogP contribution is 2.49. The molecule has 2 N–H and O–H groups in total. The van der Waals surface area contributed by atoms with Gasteiger partial charge in [-0.2, -0.15) is 0 Å².